The first kappa shape index (κ1) is 20.8. The molecule has 2 heterocycles. The molecule has 1 N–H and O–H groups in total. The van der Waals surface area contributed by atoms with Crippen molar-refractivity contribution in [2.45, 2.75) is 43.7 Å². The van der Waals surface area contributed by atoms with E-state index in [0.717, 1.165) is 62.3 Å². The number of methoxy groups -OCH3 is 1. The molecular formula is C26H29N3O3. The molecule has 32 heavy (non-hydrogen) atoms. The largest absolute Gasteiger partial charge is 0.497 e. The van der Waals surface area contributed by atoms with Crippen molar-refractivity contribution in [2.75, 3.05) is 20.2 Å². The molecule has 3 aromatic rings. The number of rotatable bonds is 7. The Bertz CT molecular complexity index is 1070. The highest BCUT2D eigenvalue weighted by Gasteiger charge is 2.54. The Hall–Kier alpha value is -3.12. The lowest BCUT2D eigenvalue weighted by atomic mass is 9.98. The van der Waals surface area contributed by atoms with Gasteiger partial charge in [-0.25, -0.2) is 0 Å². The molecule has 2 fully saturated rings. The zero-order chi connectivity index (χ0) is 22.0. The first-order valence-electron chi connectivity index (χ1n) is 11.4. The van der Waals surface area contributed by atoms with Crippen LogP contribution >= 0.6 is 0 Å². The summed E-state index contributed by atoms with van der Waals surface area (Å²) in [4.78, 5) is 15.6. The smallest absolute Gasteiger partial charge is 0.232 e. The molecule has 0 unspecified atom stereocenters. The second-order valence-corrected chi connectivity index (χ2v) is 8.90. The van der Waals surface area contributed by atoms with Crippen molar-refractivity contribution < 1.29 is 14.1 Å². The maximum Gasteiger partial charge on any atom is 0.232 e. The summed E-state index contributed by atoms with van der Waals surface area (Å²) in [6.07, 6.45) is 3.58. The second kappa shape index (κ2) is 8.79. The molecule has 1 aliphatic heterocycles. The molecule has 0 bridgehead atoms. The predicted octanol–water partition coefficient (Wildman–Crippen LogP) is 4.16. The topological polar surface area (TPSA) is 67.6 Å². The number of nitrogens with zero attached hydrogens (tertiary/aromatic N) is 2. The summed E-state index contributed by atoms with van der Waals surface area (Å²) < 4.78 is 10.9. The monoisotopic (exact) mass is 431 g/mol. The minimum absolute atomic E-state index is 0.0875. The van der Waals surface area contributed by atoms with E-state index >= 15 is 0 Å². The van der Waals surface area contributed by atoms with Gasteiger partial charge in [-0.2, -0.15) is 0 Å². The number of amides is 1. The van der Waals surface area contributed by atoms with Crippen LogP contribution in [0, 0.1) is 0 Å². The molecule has 2 aromatic carbocycles. The van der Waals surface area contributed by atoms with E-state index in [0.29, 0.717) is 5.76 Å². The highest BCUT2D eigenvalue weighted by Crippen LogP contribution is 2.49. The van der Waals surface area contributed by atoms with Gasteiger partial charge in [-0.15, -0.1) is 0 Å². The van der Waals surface area contributed by atoms with Crippen molar-refractivity contribution in [3.8, 4) is 17.1 Å². The maximum absolute atomic E-state index is 13.2. The Morgan fingerprint density at radius 1 is 1.12 bits per heavy atom. The summed E-state index contributed by atoms with van der Waals surface area (Å²) in [5.41, 5.74) is 2.42. The van der Waals surface area contributed by atoms with Crippen LogP contribution < -0.4 is 10.1 Å². The number of nitrogens with one attached hydrogen (secondary N) is 1. The summed E-state index contributed by atoms with van der Waals surface area (Å²) >= 11 is 0. The van der Waals surface area contributed by atoms with Crippen molar-refractivity contribution in [3.63, 3.8) is 0 Å². The number of ether oxygens (including phenoxy) is 1. The van der Waals surface area contributed by atoms with Crippen LogP contribution in [-0.4, -0.2) is 42.2 Å². The van der Waals surface area contributed by atoms with Crippen molar-refractivity contribution in [1.29, 1.82) is 0 Å². The molecule has 5 rings (SSSR count). The minimum Gasteiger partial charge on any atom is -0.497 e. The number of benzene rings is 2. The maximum atomic E-state index is 13.2. The summed E-state index contributed by atoms with van der Waals surface area (Å²) in [5, 5.41) is 7.57. The molecule has 0 radical (unpaired) electrons. The highest BCUT2D eigenvalue weighted by molar-refractivity contribution is 5.91. The van der Waals surface area contributed by atoms with E-state index in [-0.39, 0.29) is 11.9 Å². The molecule has 1 amide bonds. The van der Waals surface area contributed by atoms with Crippen LogP contribution in [0.4, 0.5) is 0 Å². The first-order chi connectivity index (χ1) is 15.7. The second-order valence-electron chi connectivity index (χ2n) is 8.90. The van der Waals surface area contributed by atoms with Gasteiger partial charge in [0.25, 0.3) is 0 Å². The summed E-state index contributed by atoms with van der Waals surface area (Å²) in [7, 11) is 1.64. The average Bonchev–Trinajstić information content (AvgIpc) is 3.50. The van der Waals surface area contributed by atoms with E-state index in [1.165, 1.54) is 5.56 Å². The van der Waals surface area contributed by atoms with Crippen LogP contribution in [0.1, 0.15) is 36.9 Å². The molecule has 6 heteroatoms. The van der Waals surface area contributed by atoms with E-state index < -0.39 is 5.41 Å². The number of carbonyl (C=O) groups excluding carboxylic acids is 1. The third-order valence-corrected chi connectivity index (χ3v) is 6.71. The van der Waals surface area contributed by atoms with Crippen LogP contribution in [-0.2, 0) is 16.8 Å². The van der Waals surface area contributed by atoms with Crippen LogP contribution in [0.3, 0.4) is 0 Å². The standard InChI is InChI=1S/C26H29N3O3/c1-31-22-9-5-8-20(16-22)23-17-24(28-32-23)26(12-13-26)25(30)27-21-10-14-29(15-11-21)18-19-6-3-2-4-7-19/h2-9,16-17,21H,10-15,18H2,1H3,(H,27,30). The van der Waals surface area contributed by atoms with Crippen LogP contribution in [0.2, 0.25) is 0 Å². The molecule has 1 aromatic heterocycles. The van der Waals surface area contributed by atoms with Gasteiger partial charge in [0.2, 0.25) is 5.91 Å². The molecule has 0 atom stereocenters. The van der Waals surface area contributed by atoms with Gasteiger partial charge in [-0.3, -0.25) is 9.69 Å². The number of carbonyl (C=O) groups is 1. The van der Waals surface area contributed by atoms with E-state index in [9.17, 15) is 4.79 Å². The lowest BCUT2D eigenvalue weighted by Crippen LogP contribution is -2.47. The third kappa shape index (κ3) is 4.28. The molecule has 6 nitrogen and oxygen atoms in total. The molecule has 0 spiro atoms. The van der Waals surface area contributed by atoms with Gasteiger partial charge >= 0.3 is 0 Å². The molecule has 1 aliphatic carbocycles. The summed E-state index contributed by atoms with van der Waals surface area (Å²) in [6, 6.07) is 20.4. The minimum atomic E-state index is -0.540. The van der Waals surface area contributed by atoms with E-state index in [4.69, 9.17) is 9.26 Å². The third-order valence-electron chi connectivity index (χ3n) is 6.71. The number of hydrogen-bond acceptors (Lipinski definition) is 5. The zero-order valence-corrected chi connectivity index (χ0v) is 18.4. The zero-order valence-electron chi connectivity index (χ0n) is 18.4. The highest BCUT2D eigenvalue weighted by atomic mass is 16.5. The van der Waals surface area contributed by atoms with Gasteiger partial charge in [0.15, 0.2) is 5.76 Å². The number of aromatic nitrogens is 1. The predicted molar refractivity (Wildman–Crippen MR) is 122 cm³/mol. The summed E-state index contributed by atoms with van der Waals surface area (Å²) in [6.45, 7) is 2.96. The van der Waals surface area contributed by atoms with E-state index in [2.05, 4.69) is 39.6 Å². The molecule has 2 aliphatic rings. The normalized spacial score (nSPS) is 18.3. The number of hydrogen-bond donors (Lipinski definition) is 1. The van der Waals surface area contributed by atoms with Gasteiger partial charge in [0.1, 0.15) is 5.75 Å². The fourth-order valence-electron chi connectivity index (χ4n) is 4.54. The quantitative estimate of drug-likeness (QED) is 0.608. The lowest BCUT2D eigenvalue weighted by Gasteiger charge is -2.33. The number of likely N-dealkylation sites (tertiary alicyclic amines) is 1. The lowest BCUT2D eigenvalue weighted by molar-refractivity contribution is -0.124. The van der Waals surface area contributed by atoms with Gasteiger partial charge in [0.05, 0.1) is 18.2 Å². The Morgan fingerprint density at radius 2 is 1.91 bits per heavy atom. The van der Waals surface area contributed by atoms with Gasteiger partial charge in [-0.1, -0.05) is 47.6 Å². The van der Waals surface area contributed by atoms with Crippen molar-refractivity contribution >= 4 is 5.91 Å². The van der Waals surface area contributed by atoms with Gasteiger partial charge < -0.3 is 14.6 Å². The number of piperidine rings is 1. The molecule has 166 valence electrons. The molecule has 1 saturated heterocycles. The van der Waals surface area contributed by atoms with Crippen LogP contribution in [0.25, 0.3) is 11.3 Å². The Balaban J connectivity index is 1.19. The van der Waals surface area contributed by atoms with Crippen molar-refractivity contribution in [2.24, 2.45) is 0 Å². The van der Waals surface area contributed by atoms with Crippen LogP contribution in [0.5, 0.6) is 5.75 Å². The van der Waals surface area contributed by atoms with E-state index in [1.807, 2.05) is 36.4 Å². The fourth-order valence-corrected chi connectivity index (χ4v) is 4.54. The van der Waals surface area contributed by atoms with Gasteiger partial charge in [0, 0.05) is 37.3 Å². The Labute approximate surface area is 188 Å². The van der Waals surface area contributed by atoms with Gasteiger partial charge in [-0.05, 0) is 43.4 Å². The fraction of sp³-hybridized carbons (Fsp3) is 0.385. The van der Waals surface area contributed by atoms with Crippen LogP contribution in [0.15, 0.2) is 65.2 Å². The Kier molecular flexibility index (Phi) is 5.70. The van der Waals surface area contributed by atoms with Crippen molar-refractivity contribution in [1.82, 2.24) is 15.4 Å². The Morgan fingerprint density at radius 3 is 2.62 bits per heavy atom. The van der Waals surface area contributed by atoms with E-state index in [1.54, 1.807) is 7.11 Å². The molecule has 1 saturated carbocycles. The molecular weight excluding hydrogens is 402 g/mol. The van der Waals surface area contributed by atoms with Crippen molar-refractivity contribution in [3.05, 3.63) is 71.9 Å². The SMILES string of the molecule is COc1cccc(-c2cc(C3(C(=O)NC4CCN(Cc5ccccc5)CC4)CC3)no2)c1. The summed E-state index contributed by atoms with van der Waals surface area (Å²) in [5.74, 6) is 1.51. The average molecular weight is 432 g/mol. The first-order valence-corrected chi connectivity index (χ1v) is 11.4.